The molecular formula is C13H18INO2. The van der Waals surface area contributed by atoms with Crippen LogP contribution in [-0.2, 0) is 0 Å². The van der Waals surface area contributed by atoms with Crippen molar-refractivity contribution in [3.63, 3.8) is 0 Å². The Bertz CT molecular complexity index is 362. The Balaban J connectivity index is 2.42. The number of hydrogen-bond acceptors (Lipinski definition) is 2. The van der Waals surface area contributed by atoms with E-state index >= 15 is 0 Å². The minimum absolute atomic E-state index is 0.0566. The summed E-state index contributed by atoms with van der Waals surface area (Å²) in [4.78, 5) is 11.8. The third kappa shape index (κ3) is 5.50. The van der Waals surface area contributed by atoms with Gasteiger partial charge in [0.2, 0.25) is 0 Å². The number of aliphatic hydroxyl groups excluding tert-OH is 1. The fraction of sp³-hybridized carbons (Fsp3) is 0.462. The van der Waals surface area contributed by atoms with E-state index in [1.54, 1.807) is 6.92 Å². The van der Waals surface area contributed by atoms with Gasteiger partial charge in [0.05, 0.1) is 6.10 Å². The van der Waals surface area contributed by atoms with Crippen molar-refractivity contribution in [2.45, 2.75) is 26.4 Å². The van der Waals surface area contributed by atoms with Gasteiger partial charge in [0, 0.05) is 15.7 Å². The fourth-order valence-corrected chi connectivity index (χ4v) is 2.00. The van der Waals surface area contributed by atoms with E-state index in [0.717, 1.165) is 3.57 Å². The first-order valence-electron chi connectivity index (χ1n) is 5.71. The Kier molecular flexibility index (Phi) is 5.91. The summed E-state index contributed by atoms with van der Waals surface area (Å²) in [6.45, 7) is 4.37. The molecule has 0 aliphatic carbocycles. The Labute approximate surface area is 116 Å². The van der Waals surface area contributed by atoms with Gasteiger partial charge in [-0.05, 0) is 66.1 Å². The molecule has 1 aromatic rings. The van der Waals surface area contributed by atoms with E-state index in [9.17, 15) is 9.90 Å². The molecule has 3 nitrogen and oxygen atoms in total. The van der Waals surface area contributed by atoms with Crippen LogP contribution in [0, 0.1) is 9.49 Å². The maximum absolute atomic E-state index is 11.8. The van der Waals surface area contributed by atoms with Gasteiger partial charge in [-0.15, -0.1) is 0 Å². The van der Waals surface area contributed by atoms with Gasteiger partial charge < -0.3 is 10.4 Å². The molecule has 0 radical (unpaired) electrons. The summed E-state index contributed by atoms with van der Waals surface area (Å²) in [6, 6.07) is 7.45. The molecule has 0 bridgehead atoms. The highest BCUT2D eigenvalue weighted by atomic mass is 127. The van der Waals surface area contributed by atoms with E-state index in [2.05, 4.69) is 27.9 Å². The maximum Gasteiger partial charge on any atom is 0.251 e. The van der Waals surface area contributed by atoms with Crippen LogP contribution in [0.4, 0.5) is 0 Å². The second kappa shape index (κ2) is 6.96. The van der Waals surface area contributed by atoms with Crippen LogP contribution in [0.15, 0.2) is 24.3 Å². The van der Waals surface area contributed by atoms with Gasteiger partial charge in [-0.25, -0.2) is 0 Å². The van der Waals surface area contributed by atoms with Crippen molar-refractivity contribution >= 4 is 28.5 Å². The third-order valence-electron chi connectivity index (χ3n) is 2.46. The van der Waals surface area contributed by atoms with Crippen molar-refractivity contribution in [3.8, 4) is 0 Å². The van der Waals surface area contributed by atoms with Crippen LogP contribution in [0.1, 0.15) is 30.6 Å². The summed E-state index contributed by atoms with van der Waals surface area (Å²) in [5.41, 5.74) is 0.676. The number of aliphatic hydroxyl groups is 1. The summed E-state index contributed by atoms with van der Waals surface area (Å²) in [5.74, 6) is 0.224. The van der Waals surface area contributed by atoms with Gasteiger partial charge in [0.1, 0.15) is 0 Å². The van der Waals surface area contributed by atoms with Crippen LogP contribution in [0.25, 0.3) is 0 Å². The highest BCUT2D eigenvalue weighted by molar-refractivity contribution is 14.1. The van der Waals surface area contributed by atoms with E-state index in [-0.39, 0.29) is 17.9 Å². The van der Waals surface area contributed by atoms with Crippen molar-refractivity contribution in [2.75, 3.05) is 6.54 Å². The maximum atomic E-state index is 11.8. The summed E-state index contributed by atoms with van der Waals surface area (Å²) >= 11 is 2.21. The van der Waals surface area contributed by atoms with Crippen LogP contribution >= 0.6 is 22.6 Å². The average molecular weight is 347 g/mol. The first-order valence-corrected chi connectivity index (χ1v) is 6.78. The van der Waals surface area contributed by atoms with E-state index in [1.807, 2.05) is 31.2 Å². The first kappa shape index (κ1) is 14.4. The highest BCUT2D eigenvalue weighted by Gasteiger charge is 2.09. The average Bonchev–Trinajstić information content (AvgIpc) is 2.26. The zero-order valence-electron chi connectivity index (χ0n) is 10.1. The molecule has 17 heavy (non-hydrogen) atoms. The number of hydrogen-bond donors (Lipinski definition) is 2. The van der Waals surface area contributed by atoms with Gasteiger partial charge in [0.15, 0.2) is 0 Å². The molecule has 0 aromatic heterocycles. The number of nitrogens with one attached hydrogen (secondary N) is 1. The molecule has 94 valence electrons. The lowest BCUT2D eigenvalue weighted by Crippen LogP contribution is -2.29. The molecule has 0 saturated carbocycles. The van der Waals surface area contributed by atoms with Crippen LogP contribution in [0.5, 0.6) is 0 Å². The lowest BCUT2D eigenvalue weighted by molar-refractivity contribution is 0.0939. The van der Waals surface area contributed by atoms with E-state index in [1.165, 1.54) is 0 Å². The lowest BCUT2D eigenvalue weighted by Gasteiger charge is -2.14. The predicted molar refractivity (Wildman–Crippen MR) is 77.0 cm³/mol. The summed E-state index contributed by atoms with van der Waals surface area (Å²) < 4.78 is 1.11. The molecule has 2 atom stereocenters. The van der Waals surface area contributed by atoms with Gasteiger partial charge >= 0.3 is 0 Å². The van der Waals surface area contributed by atoms with Gasteiger partial charge in [0.25, 0.3) is 5.91 Å². The third-order valence-corrected chi connectivity index (χ3v) is 3.18. The summed E-state index contributed by atoms with van der Waals surface area (Å²) in [6.07, 6.45) is 0.382. The number of amides is 1. The normalized spacial score (nSPS) is 14.1. The number of rotatable bonds is 5. The highest BCUT2D eigenvalue weighted by Crippen LogP contribution is 2.08. The molecule has 1 aromatic carbocycles. The van der Waals surface area contributed by atoms with Crippen LogP contribution in [0.2, 0.25) is 0 Å². The van der Waals surface area contributed by atoms with Crippen LogP contribution in [-0.4, -0.2) is 23.7 Å². The topological polar surface area (TPSA) is 49.3 Å². The van der Waals surface area contributed by atoms with E-state index < -0.39 is 0 Å². The number of benzene rings is 1. The van der Waals surface area contributed by atoms with E-state index in [0.29, 0.717) is 18.5 Å². The van der Waals surface area contributed by atoms with Gasteiger partial charge in [-0.3, -0.25) is 4.79 Å². The van der Waals surface area contributed by atoms with Crippen LogP contribution < -0.4 is 5.32 Å². The number of carbonyl (C=O) groups is 1. The molecule has 2 unspecified atom stereocenters. The van der Waals surface area contributed by atoms with Crippen molar-refractivity contribution in [2.24, 2.45) is 5.92 Å². The van der Waals surface area contributed by atoms with Crippen LogP contribution in [0.3, 0.4) is 0 Å². The van der Waals surface area contributed by atoms with Crippen molar-refractivity contribution < 1.29 is 9.90 Å². The molecule has 1 rings (SSSR count). The lowest BCUT2D eigenvalue weighted by atomic mass is 10.0. The van der Waals surface area contributed by atoms with Crippen molar-refractivity contribution in [3.05, 3.63) is 33.4 Å². The Morgan fingerprint density at radius 3 is 2.47 bits per heavy atom. The fourth-order valence-electron chi connectivity index (χ4n) is 1.64. The zero-order valence-corrected chi connectivity index (χ0v) is 12.3. The molecule has 1 amide bonds. The second-order valence-electron chi connectivity index (χ2n) is 4.41. The SMILES string of the molecule is CC(O)CC(C)CNC(=O)c1ccc(I)cc1. The molecule has 0 saturated heterocycles. The smallest absolute Gasteiger partial charge is 0.251 e. The van der Waals surface area contributed by atoms with Gasteiger partial charge in [-0.1, -0.05) is 6.92 Å². The molecular weight excluding hydrogens is 329 g/mol. The molecule has 0 spiro atoms. The number of halogens is 1. The number of carbonyl (C=O) groups excluding carboxylic acids is 1. The van der Waals surface area contributed by atoms with Crippen molar-refractivity contribution in [1.82, 2.24) is 5.32 Å². The minimum Gasteiger partial charge on any atom is -0.393 e. The van der Waals surface area contributed by atoms with E-state index in [4.69, 9.17) is 0 Å². The summed E-state index contributed by atoms with van der Waals surface area (Å²) in [7, 11) is 0. The Morgan fingerprint density at radius 2 is 1.94 bits per heavy atom. The Hall–Kier alpha value is -0.620. The monoisotopic (exact) mass is 347 g/mol. The Morgan fingerprint density at radius 1 is 1.35 bits per heavy atom. The first-order chi connectivity index (χ1) is 7.99. The van der Waals surface area contributed by atoms with Crippen molar-refractivity contribution in [1.29, 1.82) is 0 Å². The molecule has 4 heteroatoms. The minimum atomic E-state index is -0.319. The molecule has 0 fully saturated rings. The zero-order chi connectivity index (χ0) is 12.8. The molecule has 0 aliphatic heterocycles. The predicted octanol–water partition coefficient (Wildman–Crippen LogP) is 2.43. The standard InChI is InChI=1S/C13H18INO2/c1-9(7-10(2)16)8-15-13(17)11-3-5-12(14)6-4-11/h3-6,9-10,16H,7-8H2,1-2H3,(H,15,17). The molecule has 0 heterocycles. The molecule has 2 N–H and O–H groups in total. The molecule has 0 aliphatic rings. The van der Waals surface area contributed by atoms with Gasteiger partial charge in [-0.2, -0.15) is 0 Å². The second-order valence-corrected chi connectivity index (χ2v) is 5.65. The largest absolute Gasteiger partial charge is 0.393 e. The quantitative estimate of drug-likeness (QED) is 0.804. The summed E-state index contributed by atoms with van der Waals surface area (Å²) in [5, 5.41) is 12.1.